The zero-order chi connectivity index (χ0) is 21.0. The Hall–Kier alpha value is -1.67. The number of nitrogens with one attached hydrogen (secondary N) is 1. The highest BCUT2D eigenvalue weighted by Crippen LogP contribution is 2.48. The van der Waals surface area contributed by atoms with E-state index in [0.29, 0.717) is 24.1 Å². The molecule has 5 unspecified atom stereocenters. The van der Waals surface area contributed by atoms with E-state index in [-0.39, 0.29) is 17.6 Å². The number of anilines is 1. The number of amides is 1. The van der Waals surface area contributed by atoms with Gasteiger partial charge in [-0.25, -0.2) is 18.1 Å². The minimum atomic E-state index is -3.56. The molecule has 2 aliphatic rings. The minimum Gasteiger partial charge on any atom is -0.384 e. The molecule has 0 saturated heterocycles. The maximum absolute atomic E-state index is 12.4. The highest BCUT2D eigenvalue weighted by atomic mass is 32.2. The fraction of sp³-hybridized carbons (Fsp3) is 0.714. The van der Waals surface area contributed by atoms with E-state index >= 15 is 0 Å². The highest BCUT2D eigenvalue weighted by Gasteiger charge is 2.43. The monoisotopic (exact) mass is 422 g/mol. The van der Waals surface area contributed by atoms with Crippen LogP contribution < -0.4 is 16.2 Å². The second-order valence-electron chi connectivity index (χ2n) is 8.66. The van der Waals surface area contributed by atoms with Crippen molar-refractivity contribution in [2.45, 2.75) is 64.3 Å². The first-order chi connectivity index (χ1) is 13.8. The predicted octanol–water partition coefficient (Wildman–Crippen LogP) is 2.22. The SMILES string of the molecule is CCS(=O)(=O)NC(C(N)=O)C(Cc1ccc(N)nc1)C1CCCC2CCCCC21. The van der Waals surface area contributed by atoms with Gasteiger partial charge in [0.2, 0.25) is 15.9 Å². The molecule has 1 aromatic heterocycles. The van der Waals surface area contributed by atoms with E-state index in [0.717, 1.165) is 24.8 Å². The van der Waals surface area contributed by atoms with Crippen LogP contribution in [-0.4, -0.2) is 31.1 Å². The lowest BCUT2D eigenvalue weighted by atomic mass is 9.60. The molecule has 0 spiro atoms. The number of nitrogen functional groups attached to an aromatic ring is 1. The number of carbonyl (C=O) groups excluding carboxylic acids is 1. The lowest BCUT2D eigenvalue weighted by Crippen LogP contribution is -2.54. The molecule has 1 amide bonds. The number of hydrogen-bond donors (Lipinski definition) is 3. The molecule has 1 aromatic rings. The number of nitrogens with two attached hydrogens (primary N) is 2. The van der Waals surface area contributed by atoms with Crippen molar-refractivity contribution in [1.29, 1.82) is 0 Å². The van der Waals surface area contributed by atoms with Crippen LogP contribution in [0.25, 0.3) is 0 Å². The molecule has 1 heterocycles. The molecule has 8 heteroatoms. The summed E-state index contributed by atoms with van der Waals surface area (Å²) in [5.74, 6) is 1.03. The van der Waals surface area contributed by atoms with Crippen LogP contribution in [-0.2, 0) is 21.2 Å². The van der Waals surface area contributed by atoms with Crippen LogP contribution >= 0.6 is 0 Å². The maximum Gasteiger partial charge on any atom is 0.235 e. The molecular formula is C21H34N4O3S. The highest BCUT2D eigenvalue weighted by molar-refractivity contribution is 7.89. The normalized spacial score (nSPS) is 27.0. The summed E-state index contributed by atoms with van der Waals surface area (Å²) in [7, 11) is -3.56. The van der Waals surface area contributed by atoms with Gasteiger partial charge in [0.1, 0.15) is 11.9 Å². The predicted molar refractivity (Wildman–Crippen MR) is 114 cm³/mol. The first-order valence-electron chi connectivity index (χ1n) is 10.8. The van der Waals surface area contributed by atoms with Gasteiger partial charge in [-0.2, -0.15) is 0 Å². The number of primary amides is 1. The van der Waals surface area contributed by atoms with Crippen molar-refractivity contribution in [2.75, 3.05) is 11.5 Å². The Bertz CT molecular complexity index is 795. The van der Waals surface area contributed by atoms with Crippen LogP contribution in [0.1, 0.15) is 57.4 Å². The first kappa shape index (κ1) is 22.0. The summed E-state index contributed by atoms with van der Waals surface area (Å²) in [5, 5.41) is 0. The average molecular weight is 423 g/mol. The van der Waals surface area contributed by atoms with Crippen molar-refractivity contribution >= 4 is 21.7 Å². The number of rotatable bonds is 8. The largest absolute Gasteiger partial charge is 0.384 e. The zero-order valence-corrected chi connectivity index (χ0v) is 18.0. The Kier molecular flexibility index (Phi) is 7.16. The molecule has 2 fully saturated rings. The maximum atomic E-state index is 12.4. The molecule has 2 aliphatic carbocycles. The topological polar surface area (TPSA) is 128 Å². The van der Waals surface area contributed by atoms with Gasteiger partial charge < -0.3 is 11.5 Å². The van der Waals surface area contributed by atoms with Crippen LogP contribution in [0.5, 0.6) is 0 Å². The smallest absolute Gasteiger partial charge is 0.235 e. The van der Waals surface area contributed by atoms with Gasteiger partial charge in [0.05, 0.1) is 5.75 Å². The molecule has 162 valence electrons. The van der Waals surface area contributed by atoms with E-state index in [9.17, 15) is 13.2 Å². The molecule has 2 saturated carbocycles. The summed E-state index contributed by atoms with van der Waals surface area (Å²) in [6.07, 6.45) is 10.5. The Morgan fingerprint density at radius 2 is 1.93 bits per heavy atom. The zero-order valence-electron chi connectivity index (χ0n) is 17.2. The summed E-state index contributed by atoms with van der Waals surface area (Å²) >= 11 is 0. The molecule has 0 bridgehead atoms. The molecule has 0 radical (unpaired) electrons. The van der Waals surface area contributed by atoms with Gasteiger partial charge in [0.25, 0.3) is 0 Å². The van der Waals surface area contributed by atoms with E-state index in [1.165, 1.54) is 25.7 Å². The third kappa shape index (κ3) is 5.48. The van der Waals surface area contributed by atoms with Gasteiger partial charge in [-0.1, -0.05) is 38.2 Å². The average Bonchev–Trinajstić information content (AvgIpc) is 2.71. The summed E-state index contributed by atoms with van der Waals surface area (Å²) in [6.45, 7) is 1.57. The standard InChI is InChI=1S/C21H34N4O3S/c1-2-29(27,28)25-20(21(23)26)18(12-14-10-11-19(22)24-13-14)17-9-5-7-15-6-3-4-8-16(15)17/h10-11,13,15-18,20,25H,2-9,12H2,1H3,(H2,22,24)(H2,23,26). The first-order valence-corrected chi connectivity index (χ1v) is 12.5. The lowest BCUT2D eigenvalue weighted by Gasteiger charge is -2.46. The van der Waals surface area contributed by atoms with Crippen LogP contribution in [0, 0.1) is 23.7 Å². The van der Waals surface area contributed by atoms with Crippen molar-refractivity contribution in [3.8, 4) is 0 Å². The minimum absolute atomic E-state index is 0.0797. The number of pyridine rings is 1. The molecule has 29 heavy (non-hydrogen) atoms. The molecular weight excluding hydrogens is 388 g/mol. The van der Waals surface area contributed by atoms with Crippen LogP contribution in [0.2, 0.25) is 0 Å². The summed E-state index contributed by atoms with van der Waals surface area (Å²) in [4.78, 5) is 16.6. The summed E-state index contributed by atoms with van der Waals surface area (Å²) < 4.78 is 27.3. The quantitative estimate of drug-likeness (QED) is 0.592. The van der Waals surface area contributed by atoms with Crippen LogP contribution in [0.15, 0.2) is 18.3 Å². The van der Waals surface area contributed by atoms with Crippen molar-refractivity contribution in [3.05, 3.63) is 23.9 Å². The van der Waals surface area contributed by atoms with Crippen molar-refractivity contribution in [1.82, 2.24) is 9.71 Å². The molecule has 3 rings (SSSR count). The summed E-state index contributed by atoms with van der Waals surface area (Å²) in [6, 6.07) is 2.73. The van der Waals surface area contributed by atoms with Gasteiger partial charge in [0, 0.05) is 6.20 Å². The van der Waals surface area contributed by atoms with Crippen LogP contribution in [0.3, 0.4) is 0 Å². The third-order valence-electron chi connectivity index (χ3n) is 6.92. The van der Waals surface area contributed by atoms with Gasteiger partial charge in [-0.05, 0) is 61.5 Å². The van der Waals surface area contributed by atoms with E-state index in [2.05, 4.69) is 9.71 Å². The fourth-order valence-electron chi connectivity index (χ4n) is 5.50. The van der Waals surface area contributed by atoms with Crippen molar-refractivity contribution < 1.29 is 13.2 Å². The second kappa shape index (κ2) is 9.43. The van der Waals surface area contributed by atoms with Crippen LogP contribution in [0.4, 0.5) is 5.82 Å². The van der Waals surface area contributed by atoms with Gasteiger partial charge >= 0.3 is 0 Å². The van der Waals surface area contributed by atoms with Crippen molar-refractivity contribution in [3.63, 3.8) is 0 Å². The Morgan fingerprint density at radius 3 is 2.59 bits per heavy atom. The number of aromatic nitrogens is 1. The number of fused-ring (bicyclic) bond motifs is 1. The van der Waals surface area contributed by atoms with E-state index in [4.69, 9.17) is 11.5 Å². The molecule has 5 N–H and O–H groups in total. The lowest BCUT2D eigenvalue weighted by molar-refractivity contribution is -0.122. The molecule has 7 nitrogen and oxygen atoms in total. The fourth-order valence-corrected chi connectivity index (χ4v) is 6.34. The van der Waals surface area contributed by atoms with Gasteiger partial charge in [0.15, 0.2) is 0 Å². The molecule has 5 atom stereocenters. The van der Waals surface area contributed by atoms with E-state index in [1.807, 2.05) is 6.07 Å². The van der Waals surface area contributed by atoms with E-state index in [1.54, 1.807) is 19.2 Å². The third-order valence-corrected chi connectivity index (χ3v) is 8.29. The Labute approximate surface area is 174 Å². The van der Waals surface area contributed by atoms with Gasteiger partial charge in [-0.15, -0.1) is 0 Å². The molecule has 0 aromatic carbocycles. The number of carbonyl (C=O) groups is 1. The summed E-state index contributed by atoms with van der Waals surface area (Å²) in [5.41, 5.74) is 12.4. The Morgan fingerprint density at radius 1 is 1.21 bits per heavy atom. The van der Waals surface area contributed by atoms with Gasteiger partial charge in [-0.3, -0.25) is 4.79 Å². The number of hydrogen-bond acceptors (Lipinski definition) is 5. The van der Waals surface area contributed by atoms with Crippen molar-refractivity contribution in [2.24, 2.45) is 29.4 Å². The number of nitrogens with zero attached hydrogens (tertiary/aromatic N) is 1. The molecule has 0 aliphatic heterocycles. The number of sulfonamides is 1. The Balaban J connectivity index is 1.94. The van der Waals surface area contributed by atoms with E-state index < -0.39 is 22.0 Å². The second-order valence-corrected chi connectivity index (χ2v) is 10.7.